The van der Waals surface area contributed by atoms with Crippen molar-refractivity contribution < 1.29 is 9.32 Å². The average Bonchev–Trinajstić information content (AvgIpc) is 3.12. The van der Waals surface area contributed by atoms with Gasteiger partial charge in [-0.2, -0.15) is 4.98 Å². The summed E-state index contributed by atoms with van der Waals surface area (Å²) in [7, 11) is 0. The number of amides is 1. The van der Waals surface area contributed by atoms with Crippen molar-refractivity contribution in [2.75, 3.05) is 26.2 Å². The van der Waals surface area contributed by atoms with E-state index < -0.39 is 0 Å². The third-order valence-corrected chi connectivity index (χ3v) is 5.57. The standard InChI is InChI=1S/C23H25ClN4O2/c24-20-9-7-19(8-10-20)23-25-21(30-26-23)11-12-22(29)28-14-4-13-27(15-16-28)17-18-5-2-1-3-6-18/h1-3,5-10H,4,11-17H2. The molecule has 2 heterocycles. The van der Waals surface area contributed by atoms with Gasteiger partial charge in [0.15, 0.2) is 0 Å². The first-order valence-corrected chi connectivity index (χ1v) is 10.7. The van der Waals surface area contributed by atoms with Crippen LogP contribution in [0, 0.1) is 0 Å². The van der Waals surface area contributed by atoms with Gasteiger partial charge in [-0.3, -0.25) is 9.69 Å². The minimum Gasteiger partial charge on any atom is -0.341 e. The Morgan fingerprint density at radius 3 is 2.60 bits per heavy atom. The molecule has 0 radical (unpaired) electrons. The normalized spacial score (nSPS) is 15.2. The Balaban J connectivity index is 1.26. The zero-order valence-electron chi connectivity index (χ0n) is 16.8. The number of carbonyl (C=O) groups excluding carboxylic acids is 1. The second-order valence-electron chi connectivity index (χ2n) is 7.51. The quantitative estimate of drug-likeness (QED) is 0.597. The molecule has 1 saturated heterocycles. The number of nitrogens with zero attached hydrogens (tertiary/aromatic N) is 4. The van der Waals surface area contributed by atoms with Gasteiger partial charge in [0.25, 0.3) is 0 Å². The highest BCUT2D eigenvalue weighted by Crippen LogP contribution is 2.19. The average molecular weight is 425 g/mol. The number of hydrogen-bond donors (Lipinski definition) is 0. The summed E-state index contributed by atoms with van der Waals surface area (Å²) in [5, 5.41) is 4.67. The van der Waals surface area contributed by atoms with Crippen LogP contribution >= 0.6 is 11.6 Å². The third-order valence-electron chi connectivity index (χ3n) is 5.31. The fraction of sp³-hybridized carbons (Fsp3) is 0.348. The Morgan fingerprint density at radius 1 is 1.00 bits per heavy atom. The highest BCUT2D eigenvalue weighted by molar-refractivity contribution is 6.30. The minimum absolute atomic E-state index is 0.141. The van der Waals surface area contributed by atoms with Gasteiger partial charge in [-0.25, -0.2) is 0 Å². The molecule has 3 aromatic rings. The van der Waals surface area contributed by atoms with Crippen molar-refractivity contribution in [1.29, 1.82) is 0 Å². The number of aryl methyl sites for hydroxylation is 1. The van der Waals surface area contributed by atoms with Crippen molar-refractivity contribution in [3.05, 3.63) is 71.1 Å². The predicted molar refractivity (Wildman–Crippen MR) is 116 cm³/mol. The largest absolute Gasteiger partial charge is 0.341 e. The van der Waals surface area contributed by atoms with Gasteiger partial charge in [0.05, 0.1) is 0 Å². The van der Waals surface area contributed by atoms with Crippen molar-refractivity contribution in [2.24, 2.45) is 0 Å². The van der Waals surface area contributed by atoms with Gasteiger partial charge in [-0.1, -0.05) is 47.1 Å². The Hall–Kier alpha value is -2.70. The number of carbonyl (C=O) groups is 1. The molecule has 1 amide bonds. The SMILES string of the molecule is O=C(CCc1nc(-c2ccc(Cl)cc2)no1)N1CCCN(Cc2ccccc2)CC1. The van der Waals surface area contributed by atoms with Crippen molar-refractivity contribution in [1.82, 2.24) is 19.9 Å². The van der Waals surface area contributed by atoms with E-state index in [-0.39, 0.29) is 5.91 Å². The number of aromatic nitrogens is 2. The maximum atomic E-state index is 12.7. The van der Waals surface area contributed by atoms with Crippen LogP contribution in [0.5, 0.6) is 0 Å². The molecule has 4 rings (SSSR count). The van der Waals surface area contributed by atoms with Gasteiger partial charge in [-0.05, 0) is 36.2 Å². The summed E-state index contributed by atoms with van der Waals surface area (Å²) in [4.78, 5) is 21.5. The number of benzene rings is 2. The van der Waals surface area contributed by atoms with Gasteiger partial charge in [0.1, 0.15) is 0 Å². The van der Waals surface area contributed by atoms with E-state index in [1.165, 1.54) is 5.56 Å². The van der Waals surface area contributed by atoms with Crippen LogP contribution in [0.1, 0.15) is 24.3 Å². The molecule has 2 aromatic carbocycles. The zero-order chi connectivity index (χ0) is 20.8. The lowest BCUT2D eigenvalue weighted by Gasteiger charge is -2.22. The Kier molecular flexibility index (Phi) is 6.77. The van der Waals surface area contributed by atoms with Crippen LogP contribution in [0.15, 0.2) is 59.1 Å². The molecule has 0 bridgehead atoms. The molecule has 30 heavy (non-hydrogen) atoms. The summed E-state index contributed by atoms with van der Waals surface area (Å²) in [6.07, 6.45) is 1.81. The molecule has 0 aliphatic carbocycles. The van der Waals surface area contributed by atoms with Crippen molar-refractivity contribution in [2.45, 2.75) is 25.8 Å². The second-order valence-corrected chi connectivity index (χ2v) is 7.95. The molecule has 1 aliphatic heterocycles. The smallest absolute Gasteiger partial charge is 0.227 e. The molecule has 1 aromatic heterocycles. The lowest BCUT2D eigenvalue weighted by molar-refractivity contribution is -0.131. The van der Waals surface area contributed by atoms with Crippen LogP contribution in [-0.4, -0.2) is 52.0 Å². The van der Waals surface area contributed by atoms with E-state index in [4.69, 9.17) is 16.1 Å². The molecular weight excluding hydrogens is 400 g/mol. The molecule has 1 fully saturated rings. The van der Waals surface area contributed by atoms with Gasteiger partial charge in [0, 0.05) is 56.2 Å². The Bertz CT molecular complexity index is 959. The molecule has 0 unspecified atom stereocenters. The highest BCUT2D eigenvalue weighted by Gasteiger charge is 2.20. The molecule has 0 spiro atoms. The topological polar surface area (TPSA) is 62.5 Å². The predicted octanol–water partition coefficient (Wildman–Crippen LogP) is 4.06. The summed E-state index contributed by atoms with van der Waals surface area (Å²) >= 11 is 5.91. The summed E-state index contributed by atoms with van der Waals surface area (Å²) in [5.74, 6) is 1.14. The summed E-state index contributed by atoms with van der Waals surface area (Å²) in [6, 6.07) is 17.7. The highest BCUT2D eigenvalue weighted by atomic mass is 35.5. The van der Waals surface area contributed by atoms with Gasteiger partial charge >= 0.3 is 0 Å². The first kappa shape index (κ1) is 20.6. The Morgan fingerprint density at radius 2 is 1.80 bits per heavy atom. The van der Waals surface area contributed by atoms with Crippen LogP contribution < -0.4 is 0 Å². The molecule has 0 N–H and O–H groups in total. The van der Waals surface area contributed by atoms with Crippen LogP contribution in [0.3, 0.4) is 0 Å². The lowest BCUT2D eigenvalue weighted by atomic mass is 10.2. The van der Waals surface area contributed by atoms with Gasteiger partial charge < -0.3 is 9.42 Å². The van der Waals surface area contributed by atoms with E-state index in [2.05, 4.69) is 39.3 Å². The summed E-state index contributed by atoms with van der Waals surface area (Å²) in [6.45, 7) is 4.38. The van der Waals surface area contributed by atoms with E-state index in [0.717, 1.165) is 44.7 Å². The lowest BCUT2D eigenvalue weighted by Crippen LogP contribution is -2.35. The number of hydrogen-bond acceptors (Lipinski definition) is 5. The molecule has 0 saturated carbocycles. The molecule has 7 heteroatoms. The first-order chi connectivity index (χ1) is 14.7. The van der Waals surface area contributed by atoms with Crippen LogP contribution in [-0.2, 0) is 17.8 Å². The van der Waals surface area contributed by atoms with Crippen molar-refractivity contribution >= 4 is 17.5 Å². The van der Waals surface area contributed by atoms with E-state index in [0.29, 0.717) is 29.6 Å². The van der Waals surface area contributed by atoms with Crippen LogP contribution in [0.4, 0.5) is 0 Å². The van der Waals surface area contributed by atoms with Crippen molar-refractivity contribution in [3.63, 3.8) is 0 Å². The fourth-order valence-corrected chi connectivity index (χ4v) is 3.79. The van der Waals surface area contributed by atoms with E-state index in [1.54, 1.807) is 12.1 Å². The molecule has 156 valence electrons. The fourth-order valence-electron chi connectivity index (χ4n) is 3.66. The third kappa shape index (κ3) is 5.46. The second kappa shape index (κ2) is 9.87. The minimum atomic E-state index is 0.141. The van der Waals surface area contributed by atoms with Gasteiger partial charge in [0.2, 0.25) is 17.6 Å². The number of rotatable bonds is 6. The molecule has 0 atom stereocenters. The van der Waals surface area contributed by atoms with Crippen LogP contribution in [0.25, 0.3) is 11.4 Å². The van der Waals surface area contributed by atoms with E-state index in [1.807, 2.05) is 23.1 Å². The maximum Gasteiger partial charge on any atom is 0.227 e. The van der Waals surface area contributed by atoms with E-state index in [9.17, 15) is 4.79 Å². The number of halogens is 1. The van der Waals surface area contributed by atoms with E-state index >= 15 is 0 Å². The Labute approximate surface area is 181 Å². The zero-order valence-corrected chi connectivity index (χ0v) is 17.6. The first-order valence-electron chi connectivity index (χ1n) is 10.3. The molecular formula is C23H25ClN4O2. The van der Waals surface area contributed by atoms with Crippen LogP contribution in [0.2, 0.25) is 5.02 Å². The van der Waals surface area contributed by atoms with Crippen molar-refractivity contribution in [3.8, 4) is 11.4 Å². The maximum absolute atomic E-state index is 12.7. The molecule has 6 nitrogen and oxygen atoms in total. The summed E-state index contributed by atoms with van der Waals surface area (Å²) in [5.41, 5.74) is 2.15. The summed E-state index contributed by atoms with van der Waals surface area (Å²) < 4.78 is 5.32. The monoisotopic (exact) mass is 424 g/mol. The molecule has 1 aliphatic rings. The van der Waals surface area contributed by atoms with Gasteiger partial charge in [-0.15, -0.1) is 0 Å².